The number of fused-ring (bicyclic) bond motifs is 1. The minimum absolute atomic E-state index is 0.135. The van der Waals surface area contributed by atoms with Crippen molar-refractivity contribution in [3.63, 3.8) is 0 Å². The maximum atomic E-state index is 12.0. The van der Waals surface area contributed by atoms with Crippen molar-refractivity contribution in [3.8, 4) is 11.5 Å². The molecule has 0 saturated heterocycles. The van der Waals surface area contributed by atoms with E-state index in [0.29, 0.717) is 28.0 Å². The Kier molecular flexibility index (Phi) is 3.50. The number of nitrogens with zero attached hydrogens (tertiary/aromatic N) is 3. The van der Waals surface area contributed by atoms with Crippen LogP contribution in [0.1, 0.15) is 24.3 Å². The molecule has 0 aliphatic carbocycles. The van der Waals surface area contributed by atoms with Crippen molar-refractivity contribution in [2.24, 2.45) is 5.10 Å². The van der Waals surface area contributed by atoms with E-state index in [1.807, 2.05) is 0 Å². The van der Waals surface area contributed by atoms with Crippen LogP contribution in [0.25, 0.3) is 0 Å². The topological polar surface area (TPSA) is 73.3 Å². The molecule has 1 atom stereocenters. The van der Waals surface area contributed by atoms with Crippen LogP contribution in [0, 0.1) is 0 Å². The zero-order valence-corrected chi connectivity index (χ0v) is 13.4. The fourth-order valence-corrected chi connectivity index (χ4v) is 2.75. The summed E-state index contributed by atoms with van der Waals surface area (Å²) in [6, 6.07) is 6.85. The number of benzene rings is 1. The van der Waals surface area contributed by atoms with Crippen LogP contribution in [0.3, 0.4) is 0 Å². The number of amides is 1. The van der Waals surface area contributed by atoms with Crippen molar-refractivity contribution >= 4 is 23.4 Å². The summed E-state index contributed by atoms with van der Waals surface area (Å²) in [6.07, 6.45) is 2.48. The number of pyridine rings is 1. The van der Waals surface area contributed by atoms with Gasteiger partial charge in [0.15, 0.2) is 11.5 Å². The van der Waals surface area contributed by atoms with Gasteiger partial charge in [0, 0.05) is 36.5 Å². The molecular formula is C16H12ClN3O4. The van der Waals surface area contributed by atoms with Gasteiger partial charge in [-0.05, 0) is 18.2 Å². The largest absolute Gasteiger partial charge is 0.454 e. The molecule has 2 aliphatic heterocycles. The lowest BCUT2D eigenvalue weighted by atomic mass is 10.1. The molecule has 122 valence electrons. The second-order valence-electron chi connectivity index (χ2n) is 5.20. The number of aromatic nitrogens is 1. The van der Waals surface area contributed by atoms with Gasteiger partial charge in [0.1, 0.15) is 0 Å². The van der Waals surface area contributed by atoms with Gasteiger partial charge in [-0.3, -0.25) is 9.78 Å². The molecule has 2 aromatic rings. The average Bonchev–Trinajstić information content (AvgIpc) is 3.21. The van der Waals surface area contributed by atoms with E-state index >= 15 is 0 Å². The molecule has 1 aromatic heterocycles. The predicted octanol–water partition coefficient (Wildman–Crippen LogP) is 2.70. The van der Waals surface area contributed by atoms with Gasteiger partial charge in [-0.2, -0.15) is 5.01 Å². The van der Waals surface area contributed by atoms with Gasteiger partial charge in [0.05, 0.1) is 5.02 Å². The molecule has 0 bridgehead atoms. The van der Waals surface area contributed by atoms with E-state index in [1.54, 1.807) is 36.7 Å². The number of hydrazone groups is 1. The summed E-state index contributed by atoms with van der Waals surface area (Å²) >= 11 is 6.34. The van der Waals surface area contributed by atoms with Crippen LogP contribution in [-0.4, -0.2) is 28.6 Å². The SMILES string of the molecule is CC(=O)N1N=C(c2ccncc2)OC1c1cc2c(cc1Cl)OCO2. The van der Waals surface area contributed by atoms with E-state index < -0.39 is 6.23 Å². The van der Waals surface area contributed by atoms with Gasteiger partial charge in [-0.1, -0.05) is 11.6 Å². The van der Waals surface area contributed by atoms with Gasteiger partial charge in [-0.25, -0.2) is 0 Å². The maximum Gasteiger partial charge on any atom is 0.243 e. The van der Waals surface area contributed by atoms with Crippen LogP contribution in [0.4, 0.5) is 0 Å². The van der Waals surface area contributed by atoms with Crippen molar-refractivity contribution in [2.45, 2.75) is 13.2 Å². The smallest absolute Gasteiger partial charge is 0.243 e. The average molecular weight is 346 g/mol. The van der Waals surface area contributed by atoms with Crippen molar-refractivity contribution in [2.75, 3.05) is 6.79 Å². The Morgan fingerprint density at radius 2 is 1.96 bits per heavy atom. The maximum absolute atomic E-state index is 12.0. The van der Waals surface area contributed by atoms with Gasteiger partial charge in [-0.15, -0.1) is 5.10 Å². The number of carbonyl (C=O) groups excluding carboxylic acids is 1. The Hall–Kier alpha value is -2.80. The molecule has 8 heteroatoms. The first-order chi connectivity index (χ1) is 11.6. The van der Waals surface area contributed by atoms with Gasteiger partial charge >= 0.3 is 0 Å². The van der Waals surface area contributed by atoms with Gasteiger partial charge < -0.3 is 14.2 Å². The molecule has 2 aliphatic rings. The zero-order chi connectivity index (χ0) is 16.7. The van der Waals surface area contributed by atoms with E-state index in [9.17, 15) is 4.79 Å². The molecule has 0 radical (unpaired) electrons. The van der Waals surface area contributed by atoms with E-state index in [2.05, 4.69) is 10.1 Å². The summed E-state index contributed by atoms with van der Waals surface area (Å²) < 4.78 is 16.6. The summed E-state index contributed by atoms with van der Waals surface area (Å²) in [5.41, 5.74) is 1.29. The minimum atomic E-state index is -0.771. The Labute approximate surface area is 142 Å². The quantitative estimate of drug-likeness (QED) is 0.836. The lowest BCUT2D eigenvalue weighted by molar-refractivity contribution is -0.135. The standard InChI is InChI=1S/C16H12ClN3O4/c1-9(21)20-16(24-15(19-20)10-2-4-18-5-3-10)11-6-13-14(7-12(11)17)23-8-22-13/h2-7,16H,8H2,1H3. The third-order valence-electron chi connectivity index (χ3n) is 3.65. The molecule has 4 rings (SSSR count). The molecule has 0 N–H and O–H groups in total. The Morgan fingerprint density at radius 3 is 2.67 bits per heavy atom. The highest BCUT2D eigenvalue weighted by atomic mass is 35.5. The first kappa shape index (κ1) is 14.8. The molecule has 3 heterocycles. The molecular weight excluding hydrogens is 334 g/mol. The van der Waals surface area contributed by atoms with Crippen molar-refractivity contribution in [3.05, 3.63) is 52.8 Å². The highest BCUT2D eigenvalue weighted by molar-refractivity contribution is 6.31. The first-order valence-corrected chi connectivity index (χ1v) is 7.56. The summed E-state index contributed by atoms with van der Waals surface area (Å²) in [6.45, 7) is 1.55. The van der Waals surface area contributed by atoms with Gasteiger partial charge in [0.25, 0.3) is 0 Å². The third kappa shape index (κ3) is 2.43. The van der Waals surface area contributed by atoms with E-state index in [4.69, 9.17) is 25.8 Å². The third-order valence-corrected chi connectivity index (χ3v) is 3.98. The molecule has 0 spiro atoms. The summed E-state index contributed by atoms with van der Waals surface area (Å²) in [4.78, 5) is 15.9. The molecule has 1 unspecified atom stereocenters. The van der Waals surface area contributed by atoms with Crippen molar-refractivity contribution in [1.29, 1.82) is 0 Å². The summed E-state index contributed by atoms with van der Waals surface area (Å²) in [7, 11) is 0. The van der Waals surface area contributed by atoms with Crippen LogP contribution in [-0.2, 0) is 9.53 Å². The molecule has 0 saturated carbocycles. The number of ether oxygens (including phenoxy) is 3. The van der Waals surface area contributed by atoms with Crippen molar-refractivity contribution < 1.29 is 19.0 Å². The van der Waals surface area contributed by atoms with E-state index in [0.717, 1.165) is 5.56 Å². The Balaban J connectivity index is 1.72. The highest BCUT2D eigenvalue weighted by Gasteiger charge is 2.35. The fourth-order valence-electron chi connectivity index (χ4n) is 2.50. The molecule has 24 heavy (non-hydrogen) atoms. The monoisotopic (exact) mass is 345 g/mol. The van der Waals surface area contributed by atoms with Crippen LogP contribution in [0.2, 0.25) is 5.02 Å². The Morgan fingerprint density at radius 1 is 1.25 bits per heavy atom. The lowest BCUT2D eigenvalue weighted by Crippen LogP contribution is -2.25. The van der Waals surface area contributed by atoms with Gasteiger partial charge in [0.2, 0.25) is 24.8 Å². The van der Waals surface area contributed by atoms with Crippen LogP contribution in [0.15, 0.2) is 41.8 Å². The molecule has 1 aromatic carbocycles. The number of rotatable bonds is 2. The zero-order valence-electron chi connectivity index (χ0n) is 12.6. The van der Waals surface area contributed by atoms with Crippen LogP contribution in [0.5, 0.6) is 11.5 Å². The van der Waals surface area contributed by atoms with E-state index in [1.165, 1.54) is 11.9 Å². The number of halogens is 1. The first-order valence-electron chi connectivity index (χ1n) is 7.18. The van der Waals surface area contributed by atoms with Crippen LogP contribution >= 0.6 is 11.6 Å². The summed E-state index contributed by atoms with van der Waals surface area (Å²) in [5, 5.41) is 5.92. The number of hydrogen-bond donors (Lipinski definition) is 0. The second-order valence-corrected chi connectivity index (χ2v) is 5.61. The second kappa shape index (κ2) is 5.68. The van der Waals surface area contributed by atoms with E-state index in [-0.39, 0.29) is 12.7 Å². The molecule has 1 amide bonds. The lowest BCUT2D eigenvalue weighted by Gasteiger charge is -2.20. The van der Waals surface area contributed by atoms with Crippen LogP contribution < -0.4 is 9.47 Å². The minimum Gasteiger partial charge on any atom is -0.454 e. The van der Waals surface area contributed by atoms with Crippen molar-refractivity contribution in [1.82, 2.24) is 9.99 Å². The fraction of sp³-hybridized carbons (Fsp3) is 0.188. The normalized spacial score (nSPS) is 18.3. The Bertz CT molecular complexity index is 841. The molecule has 7 nitrogen and oxygen atoms in total. The predicted molar refractivity (Wildman–Crippen MR) is 84.7 cm³/mol. The molecule has 0 fully saturated rings. The number of carbonyl (C=O) groups is 1. The highest BCUT2D eigenvalue weighted by Crippen LogP contribution is 2.42. The summed E-state index contributed by atoms with van der Waals surface area (Å²) in [5.74, 6) is 1.18. The number of hydrogen-bond acceptors (Lipinski definition) is 6.